The first kappa shape index (κ1) is 18.2. The fourth-order valence-electron chi connectivity index (χ4n) is 2.38. The summed E-state index contributed by atoms with van der Waals surface area (Å²) in [6, 6.07) is 11.2. The van der Waals surface area contributed by atoms with Gasteiger partial charge in [-0.15, -0.1) is 11.3 Å². The van der Waals surface area contributed by atoms with Crippen LogP contribution in [0.4, 0.5) is 0 Å². The maximum atomic E-state index is 12.0. The molecule has 26 heavy (non-hydrogen) atoms. The van der Waals surface area contributed by atoms with E-state index in [1.165, 1.54) is 11.3 Å². The van der Waals surface area contributed by atoms with Gasteiger partial charge in [0.2, 0.25) is 0 Å². The topological polar surface area (TPSA) is 90.5 Å². The van der Waals surface area contributed by atoms with Crippen LogP contribution in [-0.4, -0.2) is 35.2 Å². The summed E-state index contributed by atoms with van der Waals surface area (Å²) in [5.74, 6) is -0.391. The number of benzene rings is 1. The summed E-state index contributed by atoms with van der Waals surface area (Å²) in [5.41, 5.74) is 2.00. The number of carbonyl (C=O) groups excluding carboxylic acids is 2. The highest BCUT2D eigenvalue weighted by atomic mass is 32.1. The molecule has 2 aromatic rings. The van der Waals surface area contributed by atoms with Gasteiger partial charge in [-0.25, -0.2) is 0 Å². The zero-order chi connectivity index (χ0) is 18.5. The molecule has 0 bridgehead atoms. The highest BCUT2D eigenvalue weighted by molar-refractivity contribution is 7.80. The van der Waals surface area contributed by atoms with E-state index < -0.39 is 0 Å². The molecular weight excluding hydrogens is 370 g/mol. The Hall–Kier alpha value is -2.55. The molecule has 6 nitrogen and oxygen atoms in total. The first-order valence-electron chi connectivity index (χ1n) is 8.00. The van der Waals surface area contributed by atoms with E-state index in [0.717, 1.165) is 15.3 Å². The zero-order valence-corrected chi connectivity index (χ0v) is 15.4. The maximum absolute atomic E-state index is 12.0. The van der Waals surface area contributed by atoms with Crippen LogP contribution in [0.5, 0.6) is 0 Å². The quantitative estimate of drug-likeness (QED) is 0.345. The van der Waals surface area contributed by atoms with Crippen LogP contribution in [0, 0.1) is 0 Å². The number of nitrogens with one attached hydrogen (secondary N) is 3. The van der Waals surface area contributed by atoms with E-state index >= 15 is 0 Å². The molecule has 134 valence electrons. The van der Waals surface area contributed by atoms with E-state index in [2.05, 4.69) is 16.0 Å². The van der Waals surface area contributed by atoms with Crippen molar-refractivity contribution in [1.29, 1.82) is 0 Å². The standard InChI is InChI=1S/C18H17N3O3S2/c22-9-1-8-19-16(23)12-4-2-11(3-5-12)15-7-6-13(26-15)10-14-17(24)21-18(25)20-14/h2-7,10,22H,1,8-9H2,(H,19,23)(H2,20,21,24,25)/b14-10-. The van der Waals surface area contributed by atoms with Crippen molar-refractivity contribution in [3.8, 4) is 10.4 Å². The third-order valence-electron chi connectivity index (χ3n) is 3.69. The van der Waals surface area contributed by atoms with Gasteiger partial charge >= 0.3 is 0 Å². The second-order valence-corrected chi connectivity index (χ2v) is 7.10. The molecule has 1 aromatic carbocycles. The van der Waals surface area contributed by atoms with Crippen LogP contribution in [-0.2, 0) is 4.79 Å². The third-order valence-corrected chi connectivity index (χ3v) is 4.97. The lowest BCUT2D eigenvalue weighted by atomic mass is 10.1. The number of aliphatic hydroxyl groups excluding tert-OH is 1. The van der Waals surface area contributed by atoms with Gasteiger partial charge in [0.05, 0.1) is 0 Å². The molecule has 1 fully saturated rings. The summed E-state index contributed by atoms with van der Waals surface area (Å²) >= 11 is 6.45. The number of thiocarbonyl (C=S) groups is 1. The van der Waals surface area contributed by atoms with Crippen molar-refractivity contribution >= 4 is 46.6 Å². The van der Waals surface area contributed by atoms with Crippen molar-refractivity contribution in [3.05, 3.63) is 52.5 Å². The van der Waals surface area contributed by atoms with Crippen molar-refractivity contribution in [3.63, 3.8) is 0 Å². The molecule has 0 radical (unpaired) electrons. The lowest BCUT2D eigenvalue weighted by Crippen LogP contribution is -2.24. The smallest absolute Gasteiger partial charge is 0.273 e. The minimum atomic E-state index is -0.235. The van der Waals surface area contributed by atoms with Crippen LogP contribution >= 0.6 is 23.6 Å². The van der Waals surface area contributed by atoms with E-state index in [1.54, 1.807) is 18.2 Å². The van der Waals surface area contributed by atoms with Crippen molar-refractivity contribution in [1.82, 2.24) is 16.0 Å². The summed E-state index contributed by atoms with van der Waals surface area (Å²) < 4.78 is 0. The number of thiophene rings is 1. The summed E-state index contributed by atoms with van der Waals surface area (Å²) in [5, 5.41) is 17.2. The molecule has 2 amide bonds. The molecular formula is C18H17N3O3S2. The Kier molecular flexibility index (Phi) is 5.77. The van der Waals surface area contributed by atoms with Gasteiger partial charge in [0, 0.05) is 28.5 Å². The van der Waals surface area contributed by atoms with Crippen LogP contribution in [0.1, 0.15) is 21.7 Å². The van der Waals surface area contributed by atoms with E-state index in [1.807, 2.05) is 24.3 Å². The van der Waals surface area contributed by atoms with E-state index in [9.17, 15) is 9.59 Å². The largest absolute Gasteiger partial charge is 0.396 e. The lowest BCUT2D eigenvalue weighted by Gasteiger charge is -2.05. The number of amides is 2. The maximum Gasteiger partial charge on any atom is 0.273 e. The predicted octanol–water partition coefficient (Wildman–Crippen LogP) is 1.87. The second-order valence-electron chi connectivity index (χ2n) is 5.58. The van der Waals surface area contributed by atoms with Gasteiger partial charge in [0.15, 0.2) is 5.11 Å². The minimum absolute atomic E-state index is 0.0546. The van der Waals surface area contributed by atoms with Gasteiger partial charge in [-0.05, 0) is 54.5 Å². The molecule has 0 atom stereocenters. The zero-order valence-electron chi connectivity index (χ0n) is 13.7. The van der Waals surface area contributed by atoms with Crippen molar-refractivity contribution in [2.45, 2.75) is 6.42 Å². The first-order valence-corrected chi connectivity index (χ1v) is 9.22. The molecule has 1 saturated heterocycles. The average Bonchev–Trinajstić information content (AvgIpc) is 3.22. The summed E-state index contributed by atoms with van der Waals surface area (Å²) in [7, 11) is 0. The Balaban J connectivity index is 1.70. The summed E-state index contributed by atoms with van der Waals surface area (Å²) in [4.78, 5) is 25.6. The first-order chi connectivity index (χ1) is 12.6. The van der Waals surface area contributed by atoms with E-state index in [4.69, 9.17) is 17.3 Å². The highest BCUT2D eigenvalue weighted by Gasteiger charge is 2.20. The molecule has 0 saturated carbocycles. The van der Waals surface area contributed by atoms with Gasteiger partial charge < -0.3 is 15.7 Å². The van der Waals surface area contributed by atoms with E-state index in [-0.39, 0.29) is 18.4 Å². The van der Waals surface area contributed by atoms with Gasteiger partial charge in [-0.1, -0.05) is 12.1 Å². The number of carbonyl (C=O) groups is 2. The van der Waals surface area contributed by atoms with Crippen LogP contribution in [0.3, 0.4) is 0 Å². The van der Waals surface area contributed by atoms with Crippen LogP contribution in [0.15, 0.2) is 42.1 Å². The number of hydrogen-bond donors (Lipinski definition) is 4. The summed E-state index contributed by atoms with van der Waals surface area (Å²) in [6.45, 7) is 0.504. The molecule has 0 aliphatic carbocycles. The lowest BCUT2D eigenvalue weighted by molar-refractivity contribution is -0.115. The van der Waals surface area contributed by atoms with Crippen molar-refractivity contribution in [2.24, 2.45) is 0 Å². The van der Waals surface area contributed by atoms with Crippen LogP contribution in [0.25, 0.3) is 16.5 Å². The SMILES string of the molecule is O=C1NC(=S)N/C1=C\c1ccc(-c2ccc(C(=O)NCCCO)cc2)s1. The molecule has 1 aliphatic heterocycles. The molecule has 1 aliphatic rings. The van der Waals surface area contributed by atoms with Crippen LogP contribution in [0.2, 0.25) is 0 Å². The monoisotopic (exact) mass is 387 g/mol. The van der Waals surface area contributed by atoms with Crippen molar-refractivity contribution in [2.75, 3.05) is 13.2 Å². The molecule has 8 heteroatoms. The number of aliphatic hydroxyl groups is 1. The molecule has 2 heterocycles. The van der Waals surface area contributed by atoms with Crippen LogP contribution < -0.4 is 16.0 Å². The molecule has 0 spiro atoms. The van der Waals surface area contributed by atoms with Gasteiger partial charge in [-0.2, -0.15) is 0 Å². The highest BCUT2D eigenvalue weighted by Crippen LogP contribution is 2.29. The normalized spacial score (nSPS) is 15.0. The second kappa shape index (κ2) is 8.22. The van der Waals surface area contributed by atoms with E-state index in [0.29, 0.717) is 29.3 Å². The fourth-order valence-corrected chi connectivity index (χ4v) is 3.54. The average molecular weight is 387 g/mol. The van der Waals surface area contributed by atoms with Gasteiger partial charge in [-0.3, -0.25) is 14.9 Å². The summed E-state index contributed by atoms with van der Waals surface area (Å²) in [6.07, 6.45) is 2.29. The van der Waals surface area contributed by atoms with Gasteiger partial charge in [0.1, 0.15) is 5.70 Å². The Bertz CT molecular complexity index is 872. The third kappa shape index (κ3) is 4.34. The van der Waals surface area contributed by atoms with Crippen molar-refractivity contribution < 1.29 is 14.7 Å². The van der Waals surface area contributed by atoms with Gasteiger partial charge in [0.25, 0.3) is 11.8 Å². The molecule has 1 aromatic heterocycles. The Labute approximate surface area is 159 Å². The Morgan fingerprint density at radius 3 is 2.62 bits per heavy atom. The fraction of sp³-hybridized carbons (Fsp3) is 0.167. The minimum Gasteiger partial charge on any atom is -0.396 e. The number of hydrogen-bond acceptors (Lipinski definition) is 5. The predicted molar refractivity (Wildman–Crippen MR) is 106 cm³/mol. The molecule has 0 unspecified atom stereocenters. The molecule has 3 rings (SSSR count). The molecule has 4 N–H and O–H groups in total. The number of rotatable bonds is 6. The Morgan fingerprint density at radius 2 is 1.96 bits per heavy atom. The Morgan fingerprint density at radius 1 is 1.19 bits per heavy atom.